The van der Waals surface area contributed by atoms with Gasteiger partial charge in [0.1, 0.15) is 12.6 Å². The number of urea groups is 1. The molecule has 0 bridgehead atoms. The molecule has 1 aliphatic heterocycles. The van der Waals surface area contributed by atoms with Crippen molar-refractivity contribution >= 4 is 23.8 Å². The number of carbonyl (C=O) groups is 4. The topological polar surface area (TPSA) is 105 Å². The van der Waals surface area contributed by atoms with Gasteiger partial charge in [0.05, 0.1) is 7.11 Å². The SMILES string of the molecule is COC(=O)CN(C)C(=O)CCC1NC(=O)NC1=O. The molecule has 1 rings (SSSR count). The van der Waals surface area contributed by atoms with Crippen LogP contribution in [0.3, 0.4) is 0 Å². The first-order chi connectivity index (χ1) is 8.43. The van der Waals surface area contributed by atoms with Crippen molar-refractivity contribution in [1.29, 1.82) is 0 Å². The van der Waals surface area contributed by atoms with Gasteiger partial charge in [-0.2, -0.15) is 0 Å². The maximum atomic E-state index is 11.6. The molecular weight excluding hydrogens is 242 g/mol. The molecule has 0 aliphatic carbocycles. The summed E-state index contributed by atoms with van der Waals surface area (Å²) in [6.07, 6.45) is 0.258. The molecule has 8 nitrogen and oxygen atoms in total. The van der Waals surface area contributed by atoms with Gasteiger partial charge in [-0.1, -0.05) is 0 Å². The summed E-state index contributed by atoms with van der Waals surface area (Å²) in [5, 5.41) is 4.46. The lowest BCUT2D eigenvalue weighted by molar-refractivity contribution is -0.146. The average Bonchev–Trinajstić information content (AvgIpc) is 2.64. The quantitative estimate of drug-likeness (QED) is 0.466. The van der Waals surface area contributed by atoms with Crippen LogP contribution in [0, 0.1) is 0 Å². The number of ether oxygens (including phenoxy) is 1. The standard InChI is InChI=1S/C10H15N3O5/c1-13(5-8(15)18-2)7(14)4-3-6-9(16)12-10(17)11-6/h6H,3-5H2,1-2H3,(H2,11,12,16,17). The van der Waals surface area contributed by atoms with Crippen LogP contribution in [0.15, 0.2) is 0 Å². The highest BCUT2D eigenvalue weighted by Gasteiger charge is 2.29. The molecule has 0 saturated carbocycles. The van der Waals surface area contributed by atoms with E-state index < -0.39 is 23.9 Å². The first-order valence-corrected chi connectivity index (χ1v) is 5.36. The third kappa shape index (κ3) is 3.72. The smallest absolute Gasteiger partial charge is 0.325 e. The van der Waals surface area contributed by atoms with Gasteiger partial charge in [0.15, 0.2) is 0 Å². The third-order valence-corrected chi connectivity index (χ3v) is 2.53. The summed E-state index contributed by atoms with van der Waals surface area (Å²) in [7, 11) is 2.70. The molecule has 18 heavy (non-hydrogen) atoms. The van der Waals surface area contributed by atoms with Crippen LogP contribution >= 0.6 is 0 Å². The lowest BCUT2D eigenvalue weighted by Crippen LogP contribution is -2.35. The first kappa shape index (κ1) is 13.9. The van der Waals surface area contributed by atoms with E-state index in [1.54, 1.807) is 0 Å². The Hall–Kier alpha value is -2.12. The maximum Gasteiger partial charge on any atom is 0.325 e. The Morgan fingerprint density at radius 3 is 2.56 bits per heavy atom. The van der Waals surface area contributed by atoms with Crippen molar-refractivity contribution in [3.05, 3.63) is 0 Å². The van der Waals surface area contributed by atoms with Crippen molar-refractivity contribution in [3.63, 3.8) is 0 Å². The fraction of sp³-hybridized carbons (Fsp3) is 0.600. The van der Waals surface area contributed by atoms with Crippen LogP contribution in [0.25, 0.3) is 0 Å². The molecule has 0 spiro atoms. The van der Waals surface area contributed by atoms with E-state index in [4.69, 9.17) is 0 Å². The molecule has 1 fully saturated rings. The van der Waals surface area contributed by atoms with Gasteiger partial charge in [0.25, 0.3) is 5.91 Å². The third-order valence-electron chi connectivity index (χ3n) is 2.53. The predicted molar refractivity (Wildman–Crippen MR) is 59.3 cm³/mol. The van der Waals surface area contributed by atoms with E-state index in [-0.39, 0.29) is 25.3 Å². The Bertz CT molecular complexity index is 382. The van der Waals surface area contributed by atoms with Gasteiger partial charge in [-0.3, -0.25) is 19.7 Å². The summed E-state index contributed by atoms with van der Waals surface area (Å²) >= 11 is 0. The van der Waals surface area contributed by atoms with E-state index in [1.165, 1.54) is 19.1 Å². The summed E-state index contributed by atoms with van der Waals surface area (Å²) in [5.74, 6) is -1.25. The zero-order chi connectivity index (χ0) is 13.7. The number of esters is 1. The molecule has 1 aliphatic rings. The van der Waals surface area contributed by atoms with Gasteiger partial charge in [-0.15, -0.1) is 0 Å². The van der Waals surface area contributed by atoms with Crippen LogP contribution in [0.5, 0.6) is 0 Å². The van der Waals surface area contributed by atoms with E-state index in [0.717, 1.165) is 0 Å². The van der Waals surface area contributed by atoms with Gasteiger partial charge in [0.2, 0.25) is 5.91 Å². The molecule has 8 heteroatoms. The molecule has 0 radical (unpaired) electrons. The molecule has 1 unspecified atom stereocenters. The summed E-state index contributed by atoms with van der Waals surface area (Å²) in [4.78, 5) is 45.8. The van der Waals surface area contributed by atoms with Crippen LogP contribution < -0.4 is 10.6 Å². The van der Waals surface area contributed by atoms with Crippen molar-refractivity contribution in [2.75, 3.05) is 20.7 Å². The van der Waals surface area contributed by atoms with Crippen LogP contribution in [-0.2, 0) is 19.1 Å². The zero-order valence-corrected chi connectivity index (χ0v) is 10.2. The number of carbonyl (C=O) groups excluding carboxylic acids is 4. The van der Waals surface area contributed by atoms with Crippen LogP contribution in [0.4, 0.5) is 4.79 Å². The number of likely N-dealkylation sites (N-methyl/N-ethyl adjacent to an activating group) is 1. The number of rotatable bonds is 5. The monoisotopic (exact) mass is 257 g/mol. The fourth-order valence-corrected chi connectivity index (χ4v) is 1.47. The zero-order valence-electron chi connectivity index (χ0n) is 10.2. The van der Waals surface area contributed by atoms with Crippen molar-refractivity contribution in [1.82, 2.24) is 15.5 Å². The Balaban J connectivity index is 2.34. The number of nitrogens with one attached hydrogen (secondary N) is 2. The second kappa shape index (κ2) is 5.99. The molecule has 1 heterocycles. The van der Waals surface area contributed by atoms with Crippen molar-refractivity contribution in [2.45, 2.75) is 18.9 Å². The second-order valence-electron chi connectivity index (χ2n) is 3.88. The molecule has 100 valence electrons. The Morgan fingerprint density at radius 2 is 2.06 bits per heavy atom. The summed E-state index contributed by atoms with van der Waals surface area (Å²) in [5.41, 5.74) is 0. The maximum absolute atomic E-state index is 11.6. The molecule has 1 saturated heterocycles. The van der Waals surface area contributed by atoms with Crippen molar-refractivity contribution < 1.29 is 23.9 Å². The molecule has 0 aromatic heterocycles. The Morgan fingerprint density at radius 1 is 1.39 bits per heavy atom. The van der Waals surface area contributed by atoms with Crippen LogP contribution in [0.1, 0.15) is 12.8 Å². The van der Waals surface area contributed by atoms with Crippen molar-refractivity contribution in [2.24, 2.45) is 0 Å². The van der Waals surface area contributed by atoms with E-state index in [0.29, 0.717) is 0 Å². The van der Waals surface area contributed by atoms with Crippen LogP contribution in [0.2, 0.25) is 0 Å². The van der Waals surface area contributed by atoms with Crippen LogP contribution in [-0.4, -0.2) is 55.5 Å². The Kier molecular flexibility index (Phi) is 4.64. The molecule has 0 aromatic rings. The highest BCUT2D eigenvalue weighted by Crippen LogP contribution is 2.04. The van der Waals surface area contributed by atoms with Gasteiger partial charge in [0, 0.05) is 13.5 Å². The fourth-order valence-electron chi connectivity index (χ4n) is 1.47. The number of imide groups is 1. The molecular formula is C10H15N3O5. The number of amides is 4. The molecule has 0 aromatic carbocycles. The first-order valence-electron chi connectivity index (χ1n) is 5.36. The van der Waals surface area contributed by atoms with Crippen molar-refractivity contribution in [3.8, 4) is 0 Å². The van der Waals surface area contributed by atoms with E-state index in [1.807, 2.05) is 0 Å². The highest BCUT2D eigenvalue weighted by atomic mass is 16.5. The summed E-state index contributed by atoms with van der Waals surface area (Å²) in [6.45, 7) is -0.140. The number of hydrogen-bond donors (Lipinski definition) is 2. The predicted octanol–water partition coefficient (Wildman–Crippen LogP) is -1.39. The van der Waals surface area contributed by atoms with Gasteiger partial charge >= 0.3 is 12.0 Å². The lowest BCUT2D eigenvalue weighted by atomic mass is 10.1. The summed E-state index contributed by atoms with van der Waals surface area (Å²) in [6, 6.07) is -1.24. The van der Waals surface area contributed by atoms with E-state index in [2.05, 4.69) is 15.4 Å². The molecule has 2 N–H and O–H groups in total. The number of hydrogen-bond acceptors (Lipinski definition) is 5. The van der Waals surface area contributed by atoms with E-state index in [9.17, 15) is 19.2 Å². The molecule has 4 amide bonds. The van der Waals surface area contributed by atoms with E-state index >= 15 is 0 Å². The number of methoxy groups -OCH3 is 1. The second-order valence-corrected chi connectivity index (χ2v) is 3.88. The van der Waals surface area contributed by atoms with Gasteiger partial charge in [-0.25, -0.2) is 4.79 Å². The largest absolute Gasteiger partial charge is 0.468 e. The van der Waals surface area contributed by atoms with Gasteiger partial charge < -0.3 is 15.0 Å². The molecule has 1 atom stereocenters. The normalized spacial score (nSPS) is 18.0. The lowest BCUT2D eigenvalue weighted by Gasteiger charge is -2.16. The minimum atomic E-state index is -0.687. The highest BCUT2D eigenvalue weighted by molar-refractivity contribution is 6.04. The summed E-state index contributed by atoms with van der Waals surface area (Å²) < 4.78 is 4.43. The van der Waals surface area contributed by atoms with Gasteiger partial charge in [-0.05, 0) is 6.42 Å². The average molecular weight is 257 g/mol. The minimum absolute atomic E-state index is 0.0614. The number of nitrogens with zero attached hydrogens (tertiary/aromatic N) is 1. The minimum Gasteiger partial charge on any atom is -0.468 e. The Labute approximate surface area is 104 Å².